The van der Waals surface area contributed by atoms with Gasteiger partial charge in [-0.3, -0.25) is 4.98 Å². The number of sulfonamides is 1. The van der Waals surface area contributed by atoms with Crippen molar-refractivity contribution in [1.29, 1.82) is 0 Å². The highest BCUT2D eigenvalue weighted by Crippen LogP contribution is 2.33. The summed E-state index contributed by atoms with van der Waals surface area (Å²) in [5, 5.41) is 0. The molecule has 2 heterocycles. The zero-order chi connectivity index (χ0) is 15.5. The van der Waals surface area contributed by atoms with Gasteiger partial charge in [0.25, 0.3) is 0 Å². The van der Waals surface area contributed by atoms with Crippen LogP contribution in [-0.4, -0.2) is 31.3 Å². The summed E-state index contributed by atoms with van der Waals surface area (Å²) in [6.45, 7) is 0.742. The second-order valence-electron chi connectivity index (χ2n) is 4.49. The minimum atomic E-state index is -3.50. The maximum absolute atomic E-state index is 12.6. The van der Waals surface area contributed by atoms with Gasteiger partial charge in [-0.15, -0.1) is 11.3 Å². The Kier molecular flexibility index (Phi) is 5.50. The monoisotopic (exact) mass is 389 g/mol. The summed E-state index contributed by atoms with van der Waals surface area (Å²) >= 11 is 4.66. The minimum absolute atomic E-state index is 0.283. The quantitative estimate of drug-likeness (QED) is 0.821. The molecule has 2 N–H and O–H groups in total. The third-order valence-corrected chi connectivity index (χ3v) is 7.19. The van der Waals surface area contributed by atoms with Crippen LogP contribution in [0.4, 0.5) is 0 Å². The highest BCUT2D eigenvalue weighted by atomic mass is 79.9. The van der Waals surface area contributed by atoms with E-state index in [1.807, 2.05) is 12.1 Å². The molecule has 0 aliphatic heterocycles. The van der Waals surface area contributed by atoms with E-state index >= 15 is 0 Å². The molecule has 0 radical (unpaired) electrons. The van der Waals surface area contributed by atoms with E-state index in [0.29, 0.717) is 23.3 Å². The Balaban J connectivity index is 2.13. The van der Waals surface area contributed by atoms with Gasteiger partial charge >= 0.3 is 0 Å². The fraction of sp³-hybridized carbons (Fsp3) is 0.308. The topological polar surface area (TPSA) is 76.3 Å². The number of aromatic nitrogens is 1. The van der Waals surface area contributed by atoms with Gasteiger partial charge in [-0.1, -0.05) is 0 Å². The van der Waals surface area contributed by atoms with Crippen LogP contribution in [0.25, 0.3) is 0 Å². The first-order valence-electron chi connectivity index (χ1n) is 6.28. The summed E-state index contributed by atoms with van der Waals surface area (Å²) in [6.07, 6.45) is 4.05. The van der Waals surface area contributed by atoms with Crippen LogP contribution < -0.4 is 5.73 Å². The molecule has 0 unspecified atom stereocenters. The Morgan fingerprint density at radius 1 is 1.38 bits per heavy atom. The van der Waals surface area contributed by atoms with Crippen LogP contribution in [0, 0.1) is 0 Å². The van der Waals surface area contributed by atoms with Crippen molar-refractivity contribution in [2.45, 2.75) is 17.9 Å². The molecule has 2 rings (SSSR count). The van der Waals surface area contributed by atoms with Crippen LogP contribution in [0.1, 0.15) is 10.4 Å². The molecule has 8 heteroatoms. The maximum atomic E-state index is 12.6. The summed E-state index contributed by atoms with van der Waals surface area (Å²) in [6, 6.07) is 5.40. The highest BCUT2D eigenvalue weighted by Gasteiger charge is 2.25. The molecule has 0 amide bonds. The van der Waals surface area contributed by atoms with Crippen molar-refractivity contribution in [3.05, 3.63) is 44.8 Å². The molecule has 21 heavy (non-hydrogen) atoms. The Hall–Kier alpha value is -0.800. The summed E-state index contributed by atoms with van der Waals surface area (Å²) in [7, 11) is -1.92. The van der Waals surface area contributed by atoms with E-state index in [9.17, 15) is 8.42 Å². The van der Waals surface area contributed by atoms with Gasteiger partial charge in [0.05, 0.1) is 3.79 Å². The molecule has 5 nitrogen and oxygen atoms in total. The van der Waals surface area contributed by atoms with Crippen LogP contribution in [0.15, 0.2) is 39.3 Å². The number of nitrogens with zero attached hydrogens (tertiary/aromatic N) is 2. The summed E-state index contributed by atoms with van der Waals surface area (Å²) in [4.78, 5) is 5.06. The first-order valence-corrected chi connectivity index (χ1v) is 9.33. The van der Waals surface area contributed by atoms with Gasteiger partial charge in [-0.2, -0.15) is 0 Å². The third kappa shape index (κ3) is 3.89. The van der Waals surface area contributed by atoms with E-state index in [-0.39, 0.29) is 4.90 Å². The number of halogens is 1. The van der Waals surface area contributed by atoms with E-state index in [0.717, 1.165) is 10.4 Å². The number of rotatable bonds is 6. The molecular weight excluding hydrogens is 374 g/mol. The van der Waals surface area contributed by atoms with E-state index in [1.54, 1.807) is 25.5 Å². The van der Waals surface area contributed by atoms with Crippen molar-refractivity contribution >= 4 is 37.3 Å². The Bertz CT molecular complexity index is 701. The van der Waals surface area contributed by atoms with Crippen LogP contribution in [0.3, 0.4) is 0 Å². The van der Waals surface area contributed by atoms with Gasteiger partial charge in [0.2, 0.25) is 10.0 Å². The van der Waals surface area contributed by atoms with Crippen LogP contribution >= 0.6 is 27.3 Å². The average molecular weight is 390 g/mol. The predicted octanol–water partition coefficient (Wildman–Crippen LogP) is 2.23. The van der Waals surface area contributed by atoms with Crippen LogP contribution in [0.2, 0.25) is 0 Å². The summed E-state index contributed by atoms with van der Waals surface area (Å²) in [5.41, 5.74) is 6.62. The molecule has 0 atom stereocenters. The largest absolute Gasteiger partial charge is 0.326 e. The van der Waals surface area contributed by atoms with Crippen LogP contribution in [0.5, 0.6) is 0 Å². The lowest BCUT2D eigenvalue weighted by Gasteiger charge is -2.16. The van der Waals surface area contributed by atoms with E-state index in [1.165, 1.54) is 15.6 Å². The molecule has 0 aliphatic rings. The van der Waals surface area contributed by atoms with Gasteiger partial charge in [-0.05, 0) is 46.1 Å². The van der Waals surface area contributed by atoms with Crippen molar-refractivity contribution < 1.29 is 8.42 Å². The maximum Gasteiger partial charge on any atom is 0.244 e. The number of pyridine rings is 1. The first kappa shape index (κ1) is 16.6. The molecule has 0 bridgehead atoms. The SMILES string of the molecule is CN(CCc1ccncc1)S(=O)(=O)c1cc(CN)sc1Br. The van der Waals surface area contributed by atoms with Crippen molar-refractivity contribution in [3.63, 3.8) is 0 Å². The van der Waals surface area contributed by atoms with Crippen molar-refractivity contribution in [1.82, 2.24) is 9.29 Å². The second kappa shape index (κ2) is 6.97. The Labute approximate surface area is 137 Å². The zero-order valence-corrected chi connectivity index (χ0v) is 14.7. The standard InChI is InChI=1S/C13H16BrN3O2S2/c1-17(7-4-10-2-5-16-6-3-10)21(18,19)12-8-11(9-15)20-13(12)14/h2-3,5-6,8H,4,7,9,15H2,1H3. The molecular formula is C13H16BrN3O2S2. The number of likely N-dealkylation sites (N-methyl/N-ethyl adjacent to an activating group) is 1. The van der Waals surface area contributed by atoms with Gasteiger partial charge in [0, 0.05) is 37.4 Å². The molecule has 114 valence electrons. The average Bonchev–Trinajstić information content (AvgIpc) is 2.87. The minimum Gasteiger partial charge on any atom is -0.326 e. The lowest BCUT2D eigenvalue weighted by atomic mass is 10.2. The van der Waals surface area contributed by atoms with Gasteiger partial charge in [0.15, 0.2) is 0 Å². The van der Waals surface area contributed by atoms with E-state index in [4.69, 9.17) is 5.73 Å². The lowest BCUT2D eigenvalue weighted by molar-refractivity contribution is 0.472. The van der Waals surface area contributed by atoms with Crippen molar-refractivity contribution in [3.8, 4) is 0 Å². The molecule has 0 aromatic carbocycles. The molecule has 0 saturated carbocycles. The van der Waals surface area contributed by atoms with E-state index in [2.05, 4.69) is 20.9 Å². The third-order valence-electron chi connectivity index (χ3n) is 3.06. The summed E-state index contributed by atoms with van der Waals surface area (Å²) in [5.74, 6) is 0. The van der Waals surface area contributed by atoms with Crippen molar-refractivity contribution in [2.24, 2.45) is 5.73 Å². The number of nitrogens with two attached hydrogens (primary N) is 1. The smallest absolute Gasteiger partial charge is 0.244 e. The molecule has 2 aromatic rings. The van der Waals surface area contributed by atoms with E-state index < -0.39 is 10.0 Å². The van der Waals surface area contributed by atoms with Gasteiger partial charge < -0.3 is 5.73 Å². The van der Waals surface area contributed by atoms with Crippen LogP contribution in [-0.2, 0) is 23.0 Å². The zero-order valence-electron chi connectivity index (χ0n) is 11.5. The Morgan fingerprint density at radius 3 is 2.62 bits per heavy atom. The Morgan fingerprint density at radius 2 is 2.05 bits per heavy atom. The van der Waals surface area contributed by atoms with Crippen molar-refractivity contribution in [2.75, 3.05) is 13.6 Å². The first-order chi connectivity index (χ1) is 9.95. The lowest BCUT2D eigenvalue weighted by Crippen LogP contribution is -2.29. The predicted molar refractivity (Wildman–Crippen MR) is 87.7 cm³/mol. The van der Waals surface area contributed by atoms with Gasteiger partial charge in [0.1, 0.15) is 4.90 Å². The summed E-state index contributed by atoms with van der Waals surface area (Å²) < 4.78 is 27.1. The molecule has 0 saturated heterocycles. The van der Waals surface area contributed by atoms with Gasteiger partial charge in [-0.25, -0.2) is 12.7 Å². The molecule has 0 spiro atoms. The second-order valence-corrected chi connectivity index (χ2v) is 8.95. The highest BCUT2D eigenvalue weighted by molar-refractivity contribution is 9.11. The number of hydrogen-bond acceptors (Lipinski definition) is 5. The molecule has 0 aliphatic carbocycles. The fourth-order valence-electron chi connectivity index (χ4n) is 1.80. The fourth-order valence-corrected chi connectivity index (χ4v) is 5.48. The number of thiophene rings is 1. The molecule has 2 aromatic heterocycles. The normalized spacial score (nSPS) is 12.0. The molecule has 0 fully saturated rings. The number of hydrogen-bond donors (Lipinski definition) is 1.